The molecule has 5 nitrogen and oxygen atoms in total. The third-order valence-electron chi connectivity index (χ3n) is 3.28. The number of nitrogens with one attached hydrogen (secondary N) is 1. The highest BCUT2D eigenvalue weighted by Gasteiger charge is 2.11. The van der Waals surface area contributed by atoms with Crippen LogP contribution in [0.25, 0.3) is 11.5 Å². The summed E-state index contributed by atoms with van der Waals surface area (Å²) in [4.78, 5) is 5.72. The van der Waals surface area contributed by atoms with Gasteiger partial charge in [-0.15, -0.1) is 5.10 Å². The third-order valence-corrected chi connectivity index (χ3v) is 3.58. The summed E-state index contributed by atoms with van der Waals surface area (Å²) in [6.45, 7) is 1.55. The van der Waals surface area contributed by atoms with Crippen LogP contribution in [0.1, 0.15) is 5.56 Å². The lowest BCUT2D eigenvalue weighted by Gasteiger charge is -2.13. The highest BCUT2D eigenvalue weighted by molar-refractivity contribution is 7.71. The molecule has 0 spiro atoms. The molecule has 3 rings (SSSR count). The zero-order chi connectivity index (χ0) is 15.4. The van der Waals surface area contributed by atoms with E-state index in [1.165, 1.54) is 10.5 Å². The van der Waals surface area contributed by atoms with E-state index in [9.17, 15) is 0 Å². The lowest BCUT2D eigenvalue weighted by molar-refractivity contribution is -0.917. The molecular weight excluding hydrogens is 296 g/mol. The molecule has 1 unspecified atom stereocenters. The smallest absolute Gasteiger partial charge is 0.292 e. The van der Waals surface area contributed by atoms with Crippen molar-refractivity contribution in [3.05, 3.63) is 65.3 Å². The maximum atomic E-state index is 5.57. The van der Waals surface area contributed by atoms with Gasteiger partial charge in [-0.05, 0) is 24.4 Å². The van der Waals surface area contributed by atoms with Gasteiger partial charge in [-0.1, -0.05) is 30.3 Å². The first-order valence-electron chi connectivity index (χ1n) is 7.06. The van der Waals surface area contributed by atoms with Gasteiger partial charge >= 0.3 is 0 Å². The summed E-state index contributed by atoms with van der Waals surface area (Å²) in [5, 5.41) is 4.45. The molecule has 0 aliphatic heterocycles. The molecule has 22 heavy (non-hydrogen) atoms. The molecule has 0 aliphatic carbocycles. The first-order chi connectivity index (χ1) is 10.7. The highest BCUT2D eigenvalue weighted by atomic mass is 32.1. The van der Waals surface area contributed by atoms with Crippen molar-refractivity contribution in [2.75, 3.05) is 7.05 Å². The number of quaternary nitrogens is 1. The fraction of sp³-hybridized carbons (Fsp3) is 0.188. The molecule has 0 saturated carbocycles. The van der Waals surface area contributed by atoms with Crippen LogP contribution in [-0.4, -0.2) is 21.8 Å². The Morgan fingerprint density at radius 2 is 2.00 bits per heavy atom. The van der Waals surface area contributed by atoms with Crippen molar-refractivity contribution in [2.24, 2.45) is 0 Å². The number of hydrogen-bond donors (Lipinski definition) is 1. The van der Waals surface area contributed by atoms with Crippen LogP contribution >= 0.6 is 12.2 Å². The molecule has 3 aromatic rings. The van der Waals surface area contributed by atoms with Crippen molar-refractivity contribution in [3.63, 3.8) is 0 Å². The summed E-state index contributed by atoms with van der Waals surface area (Å²) in [5.74, 6) is 0.505. The van der Waals surface area contributed by atoms with Crippen molar-refractivity contribution in [2.45, 2.75) is 13.2 Å². The Bertz CT molecular complexity index is 783. The average molecular weight is 313 g/mol. The standard InChI is InChI=1S/C16H16N4OS/c1-19(11-13-6-3-2-4-7-13)12-20-16(22)21-15(18-20)14-8-5-9-17-10-14/h2-10H,11-12H2,1H3/p+1. The van der Waals surface area contributed by atoms with E-state index < -0.39 is 0 Å². The average Bonchev–Trinajstić information content (AvgIpc) is 2.90. The Labute approximate surface area is 133 Å². The summed E-state index contributed by atoms with van der Waals surface area (Å²) >= 11 is 5.26. The Balaban J connectivity index is 1.73. The van der Waals surface area contributed by atoms with E-state index in [1.54, 1.807) is 17.1 Å². The van der Waals surface area contributed by atoms with Gasteiger partial charge in [0.2, 0.25) is 5.89 Å². The second-order valence-electron chi connectivity index (χ2n) is 5.19. The fourth-order valence-electron chi connectivity index (χ4n) is 2.27. The van der Waals surface area contributed by atoms with Gasteiger partial charge in [-0.25, -0.2) is 0 Å². The van der Waals surface area contributed by atoms with Crippen molar-refractivity contribution >= 4 is 12.2 Å². The monoisotopic (exact) mass is 313 g/mol. The quantitative estimate of drug-likeness (QED) is 0.731. The Morgan fingerprint density at radius 1 is 1.18 bits per heavy atom. The number of benzene rings is 1. The van der Waals surface area contributed by atoms with Crippen LogP contribution in [0.4, 0.5) is 0 Å². The zero-order valence-corrected chi connectivity index (χ0v) is 13.1. The summed E-state index contributed by atoms with van der Waals surface area (Å²) in [7, 11) is 2.10. The van der Waals surface area contributed by atoms with E-state index in [-0.39, 0.29) is 0 Å². The first-order valence-corrected chi connectivity index (χ1v) is 7.47. The van der Waals surface area contributed by atoms with Crippen LogP contribution in [-0.2, 0) is 13.2 Å². The number of aromatic nitrogens is 3. The lowest BCUT2D eigenvalue weighted by Crippen LogP contribution is -3.07. The number of nitrogens with zero attached hydrogens (tertiary/aromatic N) is 3. The van der Waals surface area contributed by atoms with E-state index in [0.717, 1.165) is 12.1 Å². The number of hydrogen-bond acceptors (Lipinski definition) is 4. The summed E-state index contributed by atoms with van der Waals surface area (Å²) in [6.07, 6.45) is 3.43. The van der Waals surface area contributed by atoms with E-state index in [2.05, 4.69) is 29.3 Å². The van der Waals surface area contributed by atoms with Gasteiger partial charge in [0.15, 0.2) is 6.67 Å². The molecule has 1 N–H and O–H groups in total. The minimum absolute atomic E-state index is 0.381. The van der Waals surface area contributed by atoms with Gasteiger partial charge in [0.1, 0.15) is 6.54 Å². The van der Waals surface area contributed by atoms with Crippen LogP contribution in [0.3, 0.4) is 0 Å². The normalized spacial score (nSPS) is 12.2. The summed E-state index contributed by atoms with van der Waals surface area (Å²) in [6, 6.07) is 14.1. The molecule has 1 aromatic carbocycles. The van der Waals surface area contributed by atoms with E-state index in [0.29, 0.717) is 17.4 Å². The molecule has 2 aromatic heterocycles. The minimum atomic E-state index is 0.381. The second-order valence-corrected chi connectivity index (χ2v) is 5.54. The predicted molar refractivity (Wildman–Crippen MR) is 85.6 cm³/mol. The van der Waals surface area contributed by atoms with Crippen LogP contribution in [0.15, 0.2) is 59.3 Å². The number of pyridine rings is 1. The Kier molecular flexibility index (Phi) is 4.41. The fourth-order valence-corrected chi connectivity index (χ4v) is 2.45. The molecular formula is C16H17N4OS+. The highest BCUT2D eigenvalue weighted by Crippen LogP contribution is 2.15. The van der Waals surface area contributed by atoms with E-state index in [1.807, 2.05) is 30.3 Å². The van der Waals surface area contributed by atoms with E-state index >= 15 is 0 Å². The van der Waals surface area contributed by atoms with Crippen LogP contribution < -0.4 is 4.90 Å². The van der Waals surface area contributed by atoms with Crippen LogP contribution in [0.5, 0.6) is 0 Å². The topological polar surface area (TPSA) is 48.3 Å². The van der Waals surface area contributed by atoms with Crippen LogP contribution in [0.2, 0.25) is 0 Å². The van der Waals surface area contributed by atoms with Crippen molar-refractivity contribution in [3.8, 4) is 11.5 Å². The second kappa shape index (κ2) is 6.64. The van der Waals surface area contributed by atoms with Gasteiger partial charge < -0.3 is 9.32 Å². The predicted octanol–water partition coefficient (Wildman–Crippen LogP) is 1.94. The SMILES string of the molecule is C[NH+](Cc1ccccc1)Cn1nc(-c2cccnc2)oc1=S. The molecule has 2 heterocycles. The largest absolute Gasteiger partial charge is 0.409 e. The molecule has 0 amide bonds. The van der Waals surface area contributed by atoms with Crippen molar-refractivity contribution < 1.29 is 9.32 Å². The van der Waals surface area contributed by atoms with Crippen molar-refractivity contribution in [1.82, 2.24) is 14.8 Å². The molecule has 1 atom stereocenters. The van der Waals surface area contributed by atoms with Gasteiger partial charge in [-0.3, -0.25) is 4.98 Å². The first kappa shape index (κ1) is 14.6. The molecule has 0 fully saturated rings. The van der Waals surface area contributed by atoms with Crippen LogP contribution in [0, 0.1) is 4.84 Å². The van der Waals surface area contributed by atoms with Gasteiger partial charge in [0.25, 0.3) is 4.84 Å². The maximum Gasteiger partial charge on any atom is 0.292 e. The molecule has 0 aliphatic rings. The van der Waals surface area contributed by atoms with Gasteiger partial charge in [0, 0.05) is 18.0 Å². The molecule has 0 radical (unpaired) electrons. The van der Waals surface area contributed by atoms with Gasteiger partial charge in [-0.2, -0.15) is 4.68 Å². The Hall–Kier alpha value is -2.31. The van der Waals surface area contributed by atoms with E-state index in [4.69, 9.17) is 16.6 Å². The summed E-state index contributed by atoms with van der Waals surface area (Å²) in [5.41, 5.74) is 2.11. The minimum Gasteiger partial charge on any atom is -0.409 e. The number of rotatable bonds is 5. The molecule has 0 saturated heterocycles. The lowest BCUT2D eigenvalue weighted by atomic mass is 10.2. The zero-order valence-electron chi connectivity index (χ0n) is 12.3. The Morgan fingerprint density at radius 3 is 2.73 bits per heavy atom. The summed E-state index contributed by atoms with van der Waals surface area (Å²) < 4.78 is 7.28. The van der Waals surface area contributed by atoms with Gasteiger partial charge in [0.05, 0.1) is 12.6 Å². The molecule has 0 bridgehead atoms. The molecule has 6 heteroatoms. The third kappa shape index (κ3) is 3.47. The molecule has 112 valence electrons. The maximum absolute atomic E-state index is 5.57. The van der Waals surface area contributed by atoms with Crippen molar-refractivity contribution in [1.29, 1.82) is 0 Å².